The van der Waals surface area contributed by atoms with Crippen LogP contribution < -0.4 is 0 Å². The SMILES string of the molecule is FC(F)(F)C(Br)c1cccc(Cl)c1Cl. The summed E-state index contributed by atoms with van der Waals surface area (Å²) >= 11 is 13.7. The van der Waals surface area contributed by atoms with Crippen molar-refractivity contribution in [1.29, 1.82) is 0 Å². The molecule has 0 fully saturated rings. The van der Waals surface area contributed by atoms with E-state index in [-0.39, 0.29) is 15.6 Å². The van der Waals surface area contributed by atoms with Crippen molar-refractivity contribution in [3.05, 3.63) is 33.8 Å². The maximum absolute atomic E-state index is 12.3. The van der Waals surface area contributed by atoms with Crippen LogP contribution in [0.15, 0.2) is 18.2 Å². The van der Waals surface area contributed by atoms with Crippen LogP contribution in [0.3, 0.4) is 0 Å². The molecule has 1 rings (SSSR count). The smallest absolute Gasteiger partial charge is 0.169 e. The van der Waals surface area contributed by atoms with Crippen LogP contribution in [0.4, 0.5) is 13.2 Å². The second-order valence-corrected chi connectivity index (χ2v) is 4.25. The molecule has 0 N–H and O–H groups in total. The van der Waals surface area contributed by atoms with Gasteiger partial charge in [-0.15, -0.1) is 0 Å². The summed E-state index contributed by atoms with van der Waals surface area (Å²) in [6.45, 7) is 0. The van der Waals surface area contributed by atoms with E-state index in [1.807, 2.05) is 0 Å². The highest BCUT2D eigenvalue weighted by atomic mass is 79.9. The topological polar surface area (TPSA) is 0 Å². The number of halogens is 6. The minimum atomic E-state index is -4.38. The number of hydrogen-bond acceptors (Lipinski definition) is 0. The van der Waals surface area contributed by atoms with Crippen molar-refractivity contribution in [1.82, 2.24) is 0 Å². The second kappa shape index (κ2) is 4.29. The molecule has 0 radical (unpaired) electrons. The van der Waals surface area contributed by atoms with Crippen molar-refractivity contribution < 1.29 is 13.2 Å². The van der Waals surface area contributed by atoms with Gasteiger partial charge in [0.2, 0.25) is 0 Å². The maximum atomic E-state index is 12.3. The molecule has 0 aliphatic heterocycles. The van der Waals surface area contributed by atoms with E-state index in [1.165, 1.54) is 18.2 Å². The van der Waals surface area contributed by atoms with Gasteiger partial charge in [0.05, 0.1) is 10.0 Å². The molecule has 0 saturated carbocycles. The van der Waals surface area contributed by atoms with Gasteiger partial charge in [-0.3, -0.25) is 0 Å². The van der Waals surface area contributed by atoms with E-state index >= 15 is 0 Å². The van der Waals surface area contributed by atoms with Gasteiger partial charge in [-0.1, -0.05) is 51.3 Å². The third-order valence-corrected chi connectivity index (χ3v) is 3.39. The minimum absolute atomic E-state index is 0.0756. The molecule has 6 heteroatoms. The van der Waals surface area contributed by atoms with Gasteiger partial charge < -0.3 is 0 Å². The van der Waals surface area contributed by atoms with Crippen LogP contribution in [-0.2, 0) is 0 Å². The molecule has 0 amide bonds. The maximum Gasteiger partial charge on any atom is 0.405 e. The van der Waals surface area contributed by atoms with Gasteiger partial charge >= 0.3 is 6.18 Å². The highest BCUT2D eigenvalue weighted by Gasteiger charge is 2.40. The lowest BCUT2D eigenvalue weighted by atomic mass is 10.1. The average molecular weight is 308 g/mol. The Morgan fingerprint density at radius 1 is 1.21 bits per heavy atom. The first-order chi connectivity index (χ1) is 6.34. The Morgan fingerprint density at radius 3 is 2.29 bits per heavy atom. The fourth-order valence-electron chi connectivity index (χ4n) is 0.893. The van der Waals surface area contributed by atoms with Crippen LogP contribution in [0.2, 0.25) is 10.0 Å². The molecule has 0 spiro atoms. The van der Waals surface area contributed by atoms with Crippen molar-refractivity contribution in [3.8, 4) is 0 Å². The molecule has 0 heterocycles. The summed E-state index contributed by atoms with van der Waals surface area (Å²) in [4.78, 5) is -1.79. The first-order valence-corrected chi connectivity index (χ1v) is 5.16. The fraction of sp³-hybridized carbons (Fsp3) is 0.250. The number of hydrogen-bond donors (Lipinski definition) is 0. The van der Waals surface area contributed by atoms with Gasteiger partial charge in [0.15, 0.2) is 0 Å². The summed E-state index contributed by atoms with van der Waals surface area (Å²) in [5.41, 5.74) is -0.0772. The molecule has 0 aliphatic carbocycles. The molecule has 0 nitrogen and oxygen atoms in total. The van der Waals surface area contributed by atoms with E-state index in [0.29, 0.717) is 0 Å². The predicted octanol–water partition coefficient (Wildman–Crippen LogP) is 4.99. The summed E-state index contributed by atoms with van der Waals surface area (Å²) in [6.07, 6.45) is -4.38. The van der Waals surface area contributed by atoms with E-state index in [1.54, 1.807) is 0 Å². The molecule has 0 aromatic heterocycles. The van der Waals surface area contributed by atoms with Gasteiger partial charge in [0.25, 0.3) is 0 Å². The van der Waals surface area contributed by atoms with Crippen LogP contribution in [0.5, 0.6) is 0 Å². The van der Waals surface area contributed by atoms with Crippen LogP contribution >= 0.6 is 39.1 Å². The van der Waals surface area contributed by atoms with Gasteiger partial charge in [-0.2, -0.15) is 13.2 Å². The molecule has 14 heavy (non-hydrogen) atoms. The Morgan fingerprint density at radius 2 is 1.79 bits per heavy atom. The summed E-state index contributed by atoms with van der Waals surface area (Å²) in [7, 11) is 0. The van der Waals surface area contributed by atoms with E-state index in [9.17, 15) is 13.2 Å². The molecular formula is C8H4BrCl2F3. The van der Waals surface area contributed by atoms with Gasteiger partial charge in [0, 0.05) is 0 Å². The molecule has 0 bridgehead atoms. The normalized spacial score (nSPS) is 14.1. The number of benzene rings is 1. The third-order valence-electron chi connectivity index (χ3n) is 1.54. The highest BCUT2D eigenvalue weighted by molar-refractivity contribution is 9.09. The van der Waals surface area contributed by atoms with Gasteiger partial charge in [-0.25, -0.2) is 0 Å². The zero-order valence-corrected chi connectivity index (χ0v) is 9.68. The van der Waals surface area contributed by atoms with Crippen LogP contribution in [-0.4, -0.2) is 6.18 Å². The summed E-state index contributed by atoms with van der Waals surface area (Å²) in [5, 5.41) is 0.0335. The monoisotopic (exact) mass is 306 g/mol. The zero-order chi connectivity index (χ0) is 10.9. The van der Waals surface area contributed by atoms with Crippen molar-refractivity contribution in [3.63, 3.8) is 0 Å². The third kappa shape index (κ3) is 2.55. The Balaban J connectivity index is 3.14. The summed E-state index contributed by atoms with van der Waals surface area (Å²) in [5.74, 6) is 0. The Bertz CT molecular complexity index is 338. The number of alkyl halides is 4. The van der Waals surface area contributed by atoms with Gasteiger partial charge in [0.1, 0.15) is 4.83 Å². The average Bonchev–Trinajstić information content (AvgIpc) is 2.07. The van der Waals surface area contributed by atoms with Gasteiger partial charge in [-0.05, 0) is 11.6 Å². The largest absolute Gasteiger partial charge is 0.405 e. The Kier molecular flexibility index (Phi) is 3.72. The molecule has 78 valence electrons. The van der Waals surface area contributed by atoms with E-state index in [2.05, 4.69) is 15.9 Å². The standard InChI is InChI=1S/C8H4BrCl2F3/c9-7(8(12,13)14)4-2-1-3-5(10)6(4)11/h1-3,7H. The van der Waals surface area contributed by atoms with Crippen LogP contribution in [0, 0.1) is 0 Å². The van der Waals surface area contributed by atoms with Crippen LogP contribution in [0.25, 0.3) is 0 Å². The van der Waals surface area contributed by atoms with E-state index < -0.39 is 11.0 Å². The molecule has 1 atom stereocenters. The Hall–Kier alpha value is 0.0700. The predicted molar refractivity (Wildman–Crippen MR) is 54.2 cm³/mol. The molecule has 1 aromatic carbocycles. The highest BCUT2D eigenvalue weighted by Crippen LogP contribution is 2.43. The van der Waals surface area contributed by atoms with Crippen molar-refractivity contribution >= 4 is 39.1 Å². The Labute approximate surface area is 97.1 Å². The minimum Gasteiger partial charge on any atom is -0.169 e. The first-order valence-electron chi connectivity index (χ1n) is 3.48. The second-order valence-electron chi connectivity index (χ2n) is 2.55. The molecule has 0 aliphatic rings. The first kappa shape index (κ1) is 12.1. The zero-order valence-electron chi connectivity index (χ0n) is 6.58. The van der Waals surface area contributed by atoms with E-state index in [0.717, 1.165) is 0 Å². The lowest BCUT2D eigenvalue weighted by molar-refractivity contribution is -0.128. The number of rotatable bonds is 1. The summed E-state index contributed by atoms with van der Waals surface area (Å²) < 4.78 is 36.9. The van der Waals surface area contributed by atoms with Crippen molar-refractivity contribution in [2.75, 3.05) is 0 Å². The lowest BCUT2D eigenvalue weighted by Crippen LogP contribution is -2.15. The van der Waals surface area contributed by atoms with Crippen molar-refractivity contribution in [2.24, 2.45) is 0 Å². The fourth-order valence-corrected chi connectivity index (χ4v) is 1.82. The van der Waals surface area contributed by atoms with Crippen molar-refractivity contribution in [2.45, 2.75) is 11.0 Å². The molecule has 0 saturated heterocycles. The lowest BCUT2D eigenvalue weighted by Gasteiger charge is -2.15. The molecule has 1 aromatic rings. The quantitative estimate of drug-likeness (QED) is 0.641. The summed E-state index contributed by atoms with van der Waals surface area (Å²) in [6, 6.07) is 4.13. The molecular weight excluding hydrogens is 304 g/mol. The van der Waals surface area contributed by atoms with E-state index in [4.69, 9.17) is 23.2 Å². The van der Waals surface area contributed by atoms with Crippen LogP contribution in [0.1, 0.15) is 10.4 Å². The molecule has 1 unspecified atom stereocenters.